The van der Waals surface area contributed by atoms with Gasteiger partial charge in [0.1, 0.15) is 0 Å². The average molecular weight is 301 g/mol. The molecule has 0 aliphatic carbocycles. The van der Waals surface area contributed by atoms with Crippen LogP contribution < -0.4 is 0 Å². The number of benzene rings is 1. The minimum Gasteiger partial charge on any atom is -0.469 e. The number of carbonyl (C=O) groups is 1. The maximum Gasteiger partial charge on any atom is 0.306 e. The molecule has 0 heterocycles. The minimum atomic E-state index is -3.52. The summed E-state index contributed by atoms with van der Waals surface area (Å²) in [7, 11) is -2.33. The van der Waals surface area contributed by atoms with Gasteiger partial charge < -0.3 is 4.74 Å². The zero-order valence-electron chi connectivity index (χ0n) is 11.1. The van der Waals surface area contributed by atoms with E-state index < -0.39 is 26.0 Å². The Bertz CT molecular complexity index is 593. The van der Waals surface area contributed by atoms with Crippen LogP contribution in [0, 0.1) is 10.1 Å². The summed E-state index contributed by atoms with van der Waals surface area (Å²) in [6.45, 7) is 1.43. The van der Waals surface area contributed by atoms with Crippen LogP contribution in [0.25, 0.3) is 0 Å². The molecule has 0 amide bonds. The predicted octanol–water partition coefficient (Wildman–Crippen LogP) is 1.46. The molecule has 0 bridgehead atoms. The van der Waals surface area contributed by atoms with Gasteiger partial charge in [-0.2, -0.15) is 0 Å². The van der Waals surface area contributed by atoms with E-state index in [0.29, 0.717) is 5.56 Å². The summed E-state index contributed by atoms with van der Waals surface area (Å²) in [6.07, 6.45) is -0.216. The second kappa shape index (κ2) is 6.47. The van der Waals surface area contributed by atoms with Gasteiger partial charge >= 0.3 is 5.97 Å². The molecule has 0 spiro atoms. The van der Waals surface area contributed by atoms with Crippen LogP contribution in [0.15, 0.2) is 24.3 Å². The first-order valence-electron chi connectivity index (χ1n) is 5.78. The van der Waals surface area contributed by atoms with E-state index >= 15 is 0 Å². The molecular formula is C12H15NO6S. The smallest absolute Gasteiger partial charge is 0.306 e. The highest BCUT2D eigenvalue weighted by molar-refractivity contribution is 7.91. The Morgan fingerprint density at radius 2 is 1.90 bits per heavy atom. The van der Waals surface area contributed by atoms with Crippen LogP contribution in [-0.4, -0.2) is 31.7 Å². The molecule has 1 unspecified atom stereocenters. The monoisotopic (exact) mass is 301 g/mol. The number of esters is 1. The summed E-state index contributed by atoms with van der Waals surface area (Å²) in [5, 5.41) is 9.63. The molecule has 8 heteroatoms. The van der Waals surface area contributed by atoms with Crippen molar-refractivity contribution >= 4 is 21.5 Å². The van der Waals surface area contributed by atoms with E-state index in [1.807, 2.05) is 0 Å². The lowest BCUT2D eigenvalue weighted by Gasteiger charge is -2.11. The second-order valence-electron chi connectivity index (χ2n) is 4.32. The van der Waals surface area contributed by atoms with Gasteiger partial charge in [-0.1, -0.05) is 12.1 Å². The maximum absolute atomic E-state index is 12.0. The zero-order chi connectivity index (χ0) is 15.3. The predicted molar refractivity (Wildman–Crippen MR) is 71.8 cm³/mol. The fraction of sp³-hybridized carbons (Fsp3) is 0.417. The van der Waals surface area contributed by atoms with E-state index in [4.69, 9.17) is 0 Å². The summed E-state index contributed by atoms with van der Waals surface area (Å²) in [5.74, 6) is -0.867. The van der Waals surface area contributed by atoms with Crippen LogP contribution in [0.4, 0.5) is 5.69 Å². The molecule has 0 aromatic heterocycles. The minimum absolute atomic E-state index is 0.103. The van der Waals surface area contributed by atoms with Crippen LogP contribution >= 0.6 is 0 Å². The van der Waals surface area contributed by atoms with Gasteiger partial charge in [0.05, 0.1) is 29.5 Å². The number of nitro groups is 1. The van der Waals surface area contributed by atoms with Gasteiger partial charge in [0.25, 0.3) is 5.69 Å². The van der Waals surface area contributed by atoms with Crippen molar-refractivity contribution < 1.29 is 22.9 Å². The van der Waals surface area contributed by atoms with E-state index in [2.05, 4.69) is 4.74 Å². The zero-order valence-corrected chi connectivity index (χ0v) is 11.9. The summed E-state index contributed by atoms with van der Waals surface area (Å²) in [4.78, 5) is 21.0. The van der Waals surface area contributed by atoms with Crippen LogP contribution in [0.2, 0.25) is 0 Å². The number of ether oxygens (including phenoxy) is 1. The van der Waals surface area contributed by atoms with Crippen molar-refractivity contribution in [2.45, 2.75) is 24.3 Å². The number of carbonyl (C=O) groups excluding carboxylic acids is 1. The van der Waals surface area contributed by atoms with E-state index in [1.54, 1.807) is 0 Å². The topological polar surface area (TPSA) is 104 Å². The number of methoxy groups -OCH3 is 1. The Kier molecular flexibility index (Phi) is 5.20. The molecule has 110 valence electrons. The normalized spacial score (nSPS) is 12.7. The number of sulfone groups is 1. The third kappa shape index (κ3) is 4.30. The fourth-order valence-corrected chi connectivity index (χ4v) is 2.87. The summed E-state index contributed by atoms with van der Waals surface area (Å²) >= 11 is 0. The lowest BCUT2D eigenvalue weighted by atomic mass is 10.2. The quantitative estimate of drug-likeness (QED) is 0.447. The SMILES string of the molecule is COC(=O)CC(C)S(=O)(=O)Cc1ccc([N+](=O)[O-])cc1. The van der Waals surface area contributed by atoms with Gasteiger partial charge in [-0.25, -0.2) is 8.42 Å². The highest BCUT2D eigenvalue weighted by Crippen LogP contribution is 2.17. The van der Waals surface area contributed by atoms with Gasteiger partial charge in [0, 0.05) is 12.1 Å². The third-order valence-corrected chi connectivity index (χ3v) is 4.94. The van der Waals surface area contributed by atoms with Gasteiger partial charge in [-0.15, -0.1) is 0 Å². The number of rotatable bonds is 6. The summed E-state index contributed by atoms with van der Waals surface area (Å²) < 4.78 is 28.5. The Morgan fingerprint density at radius 3 is 2.35 bits per heavy atom. The lowest BCUT2D eigenvalue weighted by molar-refractivity contribution is -0.384. The molecule has 1 aromatic rings. The molecule has 0 aliphatic rings. The molecule has 0 saturated carbocycles. The number of nitrogens with zero attached hydrogens (tertiary/aromatic N) is 1. The molecule has 0 fully saturated rings. The Balaban J connectivity index is 2.80. The number of hydrogen-bond donors (Lipinski definition) is 0. The van der Waals surface area contributed by atoms with Crippen molar-refractivity contribution in [1.82, 2.24) is 0 Å². The number of hydrogen-bond acceptors (Lipinski definition) is 6. The highest BCUT2D eigenvalue weighted by atomic mass is 32.2. The van der Waals surface area contributed by atoms with E-state index in [-0.39, 0.29) is 17.9 Å². The maximum atomic E-state index is 12.0. The van der Waals surface area contributed by atoms with Crippen LogP contribution in [-0.2, 0) is 25.1 Å². The molecule has 1 aromatic carbocycles. The largest absolute Gasteiger partial charge is 0.469 e. The average Bonchev–Trinajstić information content (AvgIpc) is 2.38. The van der Waals surface area contributed by atoms with Crippen molar-refractivity contribution in [1.29, 1.82) is 0 Å². The molecule has 0 N–H and O–H groups in total. The fourth-order valence-electron chi connectivity index (χ4n) is 1.53. The summed E-state index contributed by atoms with van der Waals surface area (Å²) in [6, 6.07) is 5.27. The molecule has 0 radical (unpaired) electrons. The Morgan fingerprint density at radius 1 is 1.35 bits per heavy atom. The van der Waals surface area contributed by atoms with Crippen LogP contribution in [0.3, 0.4) is 0 Å². The molecule has 1 rings (SSSR count). The lowest BCUT2D eigenvalue weighted by Crippen LogP contribution is -2.23. The van der Waals surface area contributed by atoms with Crippen LogP contribution in [0.5, 0.6) is 0 Å². The second-order valence-corrected chi connectivity index (χ2v) is 6.74. The van der Waals surface area contributed by atoms with E-state index in [1.165, 1.54) is 38.3 Å². The van der Waals surface area contributed by atoms with Crippen molar-refractivity contribution in [3.05, 3.63) is 39.9 Å². The van der Waals surface area contributed by atoms with Crippen molar-refractivity contribution in [3.63, 3.8) is 0 Å². The van der Waals surface area contributed by atoms with Crippen molar-refractivity contribution in [2.24, 2.45) is 0 Å². The van der Waals surface area contributed by atoms with E-state index in [0.717, 1.165) is 0 Å². The first-order chi connectivity index (χ1) is 9.26. The number of nitro benzene ring substituents is 1. The van der Waals surface area contributed by atoms with Gasteiger partial charge in [0.2, 0.25) is 0 Å². The molecular weight excluding hydrogens is 286 g/mol. The highest BCUT2D eigenvalue weighted by Gasteiger charge is 2.24. The van der Waals surface area contributed by atoms with Crippen molar-refractivity contribution in [2.75, 3.05) is 7.11 Å². The molecule has 0 aliphatic heterocycles. The first-order valence-corrected chi connectivity index (χ1v) is 7.49. The van der Waals surface area contributed by atoms with Crippen LogP contribution in [0.1, 0.15) is 18.9 Å². The van der Waals surface area contributed by atoms with Gasteiger partial charge in [-0.05, 0) is 12.5 Å². The third-order valence-electron chi connectivity index (χ3n) is 2.81. The Labute approximate surface area is 116 Å². The molecule has 0 saturated heterocycles. The number of non-ortho nitro benzene ring substituents is 1. The first kappa shape index (κ1) is 16.1. The van der Waals surface area contributed by atoms with Gasteiger partial charge in [0.15, 0.2) is 9.84 Å². The molecule has 1 atom stereocenters. The standard InChI is InChI=1S/C12H15NO6S/c1-9(7-12(14)19-2)20(17,18)8-10-3-5-11(6-4-10)13(15)16/h3-6,9H,7-8H2,1-2H3. The summed E-state index contributed by atoms with van der Waals surface area (Å²) in [5.41, 5.74) is 0.334. The molecule has 20 heavy (non-hydrogen) atoms. The van der Waals surface area contributed by atoms with E-state index in [9.17, 15) is 23.3 Å². The van der Waals surface area contributed by atoms with Crippen molar-refractivity contribution in [3.8, 4) is 0 Å². The Hall–Kier alpha value is -1.96. The molecule has 7 nitrogen and oxygen atoms in total. The van der Waals surface area contributed by atoms with Gasteiger partial charge in [-0.3, -0.25) is 14.9 Å².